The third-order valence-electron chi connectivity index (χ3n) is 11.4. The highest BCUT2D eigenvalue weighted by Gasteiger charge is 2.39. The number of aliphatic hydroxyl groups is 3. The second kappa shape index (κ2) is 25.6. The minimum absolute atomic E-state index is 0.0298. The van der Waals surface area contributed by atoms with Crippen LogP contribution in [0.15, 0.2) is 109 Å². The van der Waals surface area contributed by atoms with Crippen LogP contribution in [-0.4, -0.2) is 90.7 Å². The van der Waals surface area contributed by atoms with Gasteiger partial charge in [0, 0.05) is 43.5 Å². The Morgan fingerprint density at radius 2 is 1.33 bits per heavy atom. The van der Waals surface area contributed by atoms with Crippen LogP contribution in [0.5, 0.6) is 11.5 Å². The molecule has 5 atom stereocenters. The number of alkyl halides is 3. The van der Waals surface area contributed by atoms with Crippen LogP contribution in [0.1, 0.15) is 89.7 Å². The molecule has 0 spiro atoms. The zero-order chi connectivity index (χ0) is 52.0. The number of thiophene rings is 2. The van der Waals surface area contributed by atoms with E-state index in [1.807, 2.05) is 74.5 Å². The lowest BCUT2D eigenvalue weighted by Gasteiger charge is -2.16. The van der Waals surface area contributed by atoms with Crippen LogP contribution in [0, 0.1) is 5.82 Å². The maximum Gasteiger partial charge on any atom is 0.416 e. The van der Waals surface area contributed by atoms with Crippen molar-refractivity contribution in [2.75, 3.05) is 27.4 Å². The lowest BCUT2D eigenvalue weighted by Crippen LogP contribution is -2.23. The van der Waals surface area contributed by atoms with Crippen LogP contribution >= 0.6 is 22.7 Å². The van der Waals surface area contributed by atoms with E-state index >= 15 is 0 Å². The fourth-order valence-corrected chi connectivity index (χ4v) is 10.00. The van der Waals surface area contributed by atoms with Gasteiger partial charge < -0.3 is 43.7 Å². The summed E-state index contributed by atoms with van der Waals surface area (Å²) in [5.74, 6) is -1.51. The standard InChI is InChI=1S/C29H29F3O6S.C25H27FO6S/c1-28(2)37-23(8-6-10-26(34)35-3)24(38-28)16-15-21-20-7-4-5-9-25(20)39-27(21)22(33)17-36-19-13-11-18(12-14-19)29(30,31)32;1-31-24(30)8-4-6-20(27)21(28)14-13-19-18-5-2-3-7-23(18)33-25(19)22(29)15-32-17-11-9-16(26)10-12-17/h4-5,7,9,11-16,23-24H,6,8,10,17H2,1-3H3;2-3,5,7,9-14,20-22,27-29H,4,6,8,15H2,1H3/b16-15+;14-13+/t23-,24+;20-,21+,22+/m00/s1. The normalized spacial score (nSPS) is 16.9. The molecule has 18 heteroatoms. The number of halogens is 4. The lowest BCUT2D eigenvalue weighted by molar-refractivity contribution is -0.144. The van der Waals surface area contributed by atoms with Crippen LogP contribution in [0.4, 0.5) is 17.6 Å². The number of ketones is 1. The van der Waals surface area contributed by atoms with Gasteiger partial charge in [-0.1, -0.05) is 60.7 Å². The van der Waals surface area contributed by atoms with Gasteiger partial charge in [0.15, 0.2) is 12.4 Å². The summed E-state index contributed by atoms with van der Waals surface area (Å²) in [7, 11) is 2.66. The number of hydrogen-bond donors (Lipinski definition) is 3. The van der Waals surface area contributed by atoms with E-state index in [-0.39, 0.29) is 67.9 Å². The van der Waals surface area contributed by atoms with Crippen molar-refractivity contribution >= 4 is 72.7 Å². The molecule has 1 aliphatic rings. The van der Waals surface area contributed by atoms with Crippen molar-refractivity contribution in [1.82, 2.24) is 0 Å². The molecule has 1 fully saturated rings. The highest BCUT2D eigenvalue weighted by Crippen LogP contribution is 2.38. The molecule has 1 aliphatic heterocycles. The predicted octanol–water partition coefficient (Wildman–Crippen LogP) is 11.3. The second-order valence-electron chi connectivity index (χ2n) is 17.1. The molecule has 384 valence electrons. The number of benzene rings is 4. The summed E-state index contributed by atoms with van der Waals surface area (Å²) in [5.41, 5.74) is 0.646. The van der Waals surface area contributed by atoms with Crippen molar-refractivity contribution in [3.8, 4) is 11.5 Å². The van der Waals surface area contributed by atoms with Crippen molar-refractivity contribution in [1.29, 1.82) is 0 Å². The van der Waals surface area contributed by atoms with Crippen LogP contribution in [0.2, 0.25) is 0 Å². The number of methoxy groups -OCH3 is 2. The van der Waals surface area contributed by atoms with E-state index in [9.17, 15) is 47.3 Å². The Bertz CT molecular complexity index is 2800. The fourth-order valence-electron chi connectivity index (χ4n) is 7.72. The summed E-state index contributed by atoms with van der Waals surface area (Å²) in [6, 6.07) is 25.0. The van der Waals surface area contributed by atoms with Gasteiger partial charge in [0.25, 0.3) is 0 Å². The Hall–Kier alpha value is -5.99. The van der Waals surface area contributed by atoms with Gasteiger partial charge in [-0.2, -0.15) is 13.2 Å². The first kappa shape index (κ1) is 55.3. The summed E-state index contributed by atoms with van der Waals surface area (Å²) < 4.78 is 86.0. The first-order valence-corrected chi connectivity index (χ1v) is 24.6. The summed E-state index contributed by atoms with van der Waals surface area (Å²) in [6.07, 6.45) is 0.858. The molecule has 0 unspecified atom stereocenters. The molecule has 2 aromatic heterocycles. The molecule has 3 N–H and O–H groups in total. The van der Waals surface area contributed by atoms with Gasteiger partial charge in [0.05, 0.1) is 43.0 Å². The number of hydrogen-bond acceptors (Lipinski definition) is 14. The van der Waals surface area contributed by atoms with Gasteiger partial charge in [0.1, 0.15) is 36.1 Å². The SMILES string of the molecule is COC(=O)CCC[C@@H]1OC(C)(C)O[C@@H]1/C=C/c1c(C(=O)COc2ccc(C(F)(F)F)cc2)sc2ccccc12.COC(=O)CCC[C@H](O)[C@H](O)/C=C/c1c([C@H](O)COc2ccc(F)cc2)sc2ccccc12. The van der Waals surface area contributed by atoms with Crippen molar-refractivity contribution in [2.45, 2.75) is 94.9 Å². The first-order valence-electron chi connectivity index (χ1n) is 23.0. The number of aliphatic hydroxyl groups excluding tert-OH is 3. The third-order valence-corrected chi connectivity index (χ3v) is 13.9. The minimum Gasteiger partial charge on any atom is -0.490 e. The Morgan fingerprint density at radius 1 is 0.750 bits per heavy atom. The van der Waals surface area contributed by atoms with Gasteiger partial charge >= 0.3 is 18.1 Å². The lowest BCUT2D eigenvalue weighted by atomic mass is 10.0. The molecule has 0 bridgehead atoms. The number of ether oxygens (including phenoxy) is 6. The number of carbonyl (C=O) groups is 3. The summed E-state index contributed by atoms with van der Waals surface area (Å²) in [6.45, 7) is 3.28. The monoisotopic (exact) mass is 1040 g/mol. The topological polar surface area (TPSA) is 167 Å². The van der Waals surface area contributed by atoms with Crippen molar-refractivity contribution in [3.63, 3.8) is 0 Å². The van der Waals surface area contributed by atoms with E-state index in [0.717, 1.165) is 37.9 Å². The molecule has 3 heterocycles. The van der Waals surface area contributed by atoms with E-state index in [0.29, 0.717) is 40.3 Å². The van der Waals surface area contributed by atoms with E-state index in [2.05, 4.69) is 4.74 Å². The molecular weight excluding hydrogens is 981 g/mol. The fraction of sp³-hybridized carbons (Fsp3) is 0.352. The highest BCUT2D eigenvalue weighted by atomic mass is 32.1. The quantitative estimate of drug-likeness (QED) is 0.0355. The Balaban J connectivity index is 0.000000239. The Morgan fingerprint density at radius 3 is 1.97 bits per heavy atom. The molecule has 12 nitrogen and oxygen atoms in total. The number of carbonyl (C=O) groups excluding carboxylic acids is 3. The predicted molar refractivity (Wildman–Crippen MR) is 267 cm³/mol. The van der Waals surface area contributed by atoms with Crippen molar-refractivity contribution in [2.24, 2.45) is 0 Å². The zero-order valence-corrected chi connectivity index (χ0v) is 41.6. The molecule has 7 rings (SSSR count). The molecule has 0 aliphatic carbocycles. The van der Waals surface area contributed by atoms with Gasteiger partial charge in [-0.3, -0.25) is 14.4 Å². The maximum atomic E-state index is 13.2. The average Bonchev–Trinajstić information content (AvgIpc) is 4.03. The first-order chi connectivity index (χ1) is 34.3. The zero-order valence-electron chi connectivity index (χ0n) is 39.9. The van der Waals surface area contributed by atoms with Crippen LogP contribution < -0.4 is 9.47 Å². The van der Waals surface area contributed by atoms with E-state index in [4.69, 9.17) is 23.7 Å². The van der Waals surface area contributed by atoms with Crippen LogP contribution in [0.3, 0.4) is 0 Å². The summed E-state index contributed by atoms with van der Waals surface area (Å²) in [5, 5.41) is 33.2. The molecule has 72 heavy (non-hydrogen) atoms. The van der Waals surface area contributed by atoms with Gasteiger partial charge in [-0.15, -0.1) is 22.7 Å². The smallest absolute Gasteiger partial charge is 0.416 e. The number of fused-ring (bicyclic) bond motifs is 2. The molecule has 1 saturated heterocycles. The average molecular weight is 1040 g/mol. The molecular formula is C54H56F4O12S2. The molecule has 4 aromatic carbocycles. The Kier molecular flexibility index (Phi) is 19.7. The number of esters is 2. The summed E-state index contributed by atoms with van der Waals surface area (Å²) in [4.78, 5) is 37.0. The minimum atomic E-state index is -4.45. The number of rotatable bonds is 21. The van der Waals surface area contributed by atoms with Crippen LogP contribution in [-0.2, 0) is 34.7 Å². The molecule has 0 saturated carbocycles. The molecule has 6 aromatic rings. The van der Waals surface area contributed by atoms with E-state index in [1.165, 1.54) is 79.4 Å². The van der Waals surface area contributed by atoms with Crippen LogP contribution in [0.25, 0.3) is 32.3 Å². The molecule has 0 radical (unpaired) electrons. The van der Waals surface area contributed by atoms with E-state index < -0.39 is 41.9 Å². The maximum absolute atomic E-state index is 13.2. The van der Waals surface area contributed by atoms with Crippen molar-refractivity contribution in [3.05, 3.63) is 141 Å². The summed E-state index contributed by atoms with van der Waals surface area (Å²) >= 11 is 2.74. The number of Topliss-reactive ketones (excluding diaryl/α,β-unsaturated/α-hetero) is 1. The molecule has 0 amide bonds. The largest absolute Gasteiger partial charge is 0.490 e. The highest BCUT2D eigenvalue weighted by molar-refractivity contribution is 7.21. The van der Waals surface area contributed by atoms with Gasteiger partial charge in [-0.05, 0) is 106 Å². The Labute approximate surface area is 422 Å². The van der Waals surface area contributed by atoms with Gasteiger partial charge in [0.2, 0.25) is 5.78 Å². The second-order valence-corrected chi connectivity index (χ2v) is 19.2. The van der Waals surface area contributed by atoms with Gasteiger partial charge in [-0.25, -0.2) is 4.39 Å². The van der Waals surface area contributed by atoms with Crippen molar-refractivity contribution < 1.29 is 75.7 Å². The third kappa shape index (κ3) is 15.5. The van der Waals surface area contributed by atoms with E-state index in [1.54, 1.807) is 6.08 Å².